The molecule has 0 atom stereocenters. The third-order valence-electron chi connectivity index (χ3n) is 3.68. The lowest BCUT2D eigenvalue weighted by molar-refractivity contribution is 0.0697. The van der Waals surface area contributed by atoms with Gasteiger partial charge in [-0.1, -0.05) is 36.4 Å². The van der Waals surface area contributed by atoms with Gasteiger partial charge in [-0.3, -0.25) is 19.9 Å². The average molecular weight is 360 g/mol. The predicted molar refractivity (Wildman–Crippen MR) is 96.4 cm³/mol. The largest absolute Gasteiger partial charge is 0.478 e. The van der Waals surface area contributed by atoms with Crippen LogP contribution in [-0.2, 0) is 0 Å². The maximum Gasteiger partial charge on any atom is 0.335 e. The zero-order chi connectivity index (χ0) is 19.4. The van der Waals surface area contributed by atoms with Gasteiger partial charge < -0.3 is 5.11 Å². The number of hydrogen-bond acceptors (Lipinski definition) is 5. The molecule has 8 nitrogen and oxygen atoms in total. The number of aromatic nitrogens is 2. The van der Waals surface area contributed by atoms with Crippen molar-refractivity contribution in [3.05, 3.63) is 81.6 Å². The first kappa shape index (κ1) is 17.6. The molecule has 1 aromatic heterocycles. The van der Waals surface area contributed by atoms with Gasteiger partial charge in [-0.15, -0.1) is 0 Å². The highest BCUT2D eigenvalue weighted by atomic mass is 16.4. The minimum Gasteiger partial charge on any atom is -0.478 e. The first-order valence-electron chi connectivity index (χ1n) is 7.74. The molecule has 0 radical (unpaired) electrons. The van der Waals surface area contributed by atoms with Gasteiger partial charge in [0.15, 0.2) is 0 Å². The number of nitrogens with zero attached hydrogens (tertiary/aromatic N) is 2. The summed E-state index contributed by atoms with van der Waals surface area (Å²) in [4.78, 5) is 42.1. The van der Waals surface area contributed by atoms with E-state index in [9.17, 15) is 19.6 Å². The standard InChI is InChI=1S/C19H12N4O4/c20-10-14-15(11-5-2-1-3-6-11)21-19(23-17(14)25)22-16(24)12-7-4-8-13(9-12)18(26)27/h1-9H,(H,26,27)(H2,21,22,23,24,25). The Morgan fingerprint density at radius 3 is 2.44 bits per heavy atom. The van der Waals surface area contributed by atoms with Gasteiger partial charge in [-0.2, -0.15) is 5.26 Å². The van der Waals surface area contributed by atoms with Crippen molar-refractivity contribution in [3.8, 4) is 17.3 Å². The summed E-state index contributed by atoms with van der Waals surface area (Å²) in [6.07, 6.45) is 0. The fourth-order valence-corrected chi connectivity index (χ4v) is 2.41. The second-order valence-electron chi connectivity index (χ2n) is 5.46. The summed E-state index contributed by atoms with van der Waals surface area (Å²) >= 11 is 0. The van der Waals surface area contributed by atoms with E-state index >= 15 is 0 Å². The van der Waals surface area contributed by atoms with Gasteiger partial charge in [-0.25, -0.2) is 9.78 Å². The third-order valence-corrected chi connectivity index (χ3v) is 3.68. The van der Waals surface area contributed by atoms with E-state index in [1.165, 1.54) is 24.3 Å². The molecule has 3 N–H and O–H groups in total. The van der Waals surface area contributed by atoms with Crippen LogP contribution in [0.25, 0.3) is 11.3 Å². The molecule has 0 bridgehead atoms. The quantitative estimate of drug-likeness (QED) is 0.653. The lowest BCUT2D eigenvalue weighted by atomic mass is 10.1. The highest BCUT2D eigenvalue weighted by Crippen LogP contribution is 2.19. The molecule has 132 valence electrons. The number of anilines is 1. The number of carbonyl (C=O) groups is 2. The fourth-order valence-electron chi connectivity index (χ4n) is 2.41. The first-order chi connectivity index (χ1) is 13.0. The zero-order valence-corrected chi connectivity index (χ0v) is 13.8. The second kappa shape index (κ2) is 7.33. The van der Waals surface area contributed by atoms with Gasteiger partial charge in [0.1, 0.15) is 11.6 Å². The number of aromatic carboxylic acids is 1. The number of carboxylic acids is 1. The van der Waals surface area contributed by atoms with E-state index in [2.05, 4.69) is 15.3 Å². The Bertz CT molecular complexity index is 1130. The number of nitrogens with one attached hydrogen (secondary N) is 2. The molecular weight excluding hydrogens is 348 g/mol. The van der Waals surface area contributed by atoms with Crippen LogP contribution in [0.3, 0.4) is 0 Å². The van der Waals surface area contributed by atoms with Crippen LogP contribution in [0.5, 0.6) is 0 Å². The zero-order valence-electron chi connectivity index (χ0n) is 13.8. The molecule has 0 aliphatic carbocycles. The topological polar surface area (TPSA) is 136 Å². The number of nitriles is 1. The molecule has 2 aromatic carbocycles. The predicted octanol–water partition coefficient (Wildman–Crippen LogP) is 2.26. The van der Waals surface area contributed by atoms with Crippen molar-refractivity contribution >= 4 is 17.8 Å². The molecule has 0 saturated heterocycles. The molecule has 8 heteroatoms. The van der Waals surface area contributed by atoms with E-state index in [0.717, 1.165) is 0 Å². The van der Waals surface area contributed by atoms with Gasteiger partial charge in [0.05, 0.1) is 11.3 Å². The lowest BCUT2D eigenvalue weighted by Crippen LogP contribution is -2.21. The van der Waals surface area contributed by atoms with E-state index in [1.54, 1.807) is 30.3 Å². The molecule has 3 aromatic rings. The van der Waals surface area contributed by atoms with Gasteiger partial charge >= 0.3 is 5.97 Å². The normalized spacial score (nSPS) is 10.0. The summed E-state index contributed by atoms with van der Waals surface area (Å²) in [6, 6.07) is 15.8. The van der Waals surface area contributed by atoms with Crippen molar-refractivity contribution in [1.82, 2.24) is 9.97 Å². The van der Waals surface area contributed by atoms with Crippen LogP contribution in [0.15, 0.2) is 59.4 Å². The minimum atomic E-state index is -1.17. The molecule has 3 rings (SSSR count). The number of aromatic amines is 1. The maximum absolute atomic E-state index is 12.4. The van der Waals surface area contributed by atoms with E-state index in [1.807, 2.05) is 6.07 Å². The average Bonchev–Trinajstić information content (AvgIpc) is 2.68. The number of amides is 1. The van der Waals surface area contributed by atoms with E-state index < -0.39 is 17.4 Å². The van der Waals surface area contributed by atoms with Crippen LogP contribution >= 0.6 is 0 Å². The van der Waals surface area contributed by atoms with Gasteiger partial charge in [0.2, 0.25) is 5.95 Å². The molecule has 0 spiro atoms. The Labute approximate surface area is 152 Å². The van der Waals surface area contributed by atoms with Crippen molar-refractivity contribution in [1.29, 1.82) is 5.26 Å². The Morgan fingerprint density at radius 1 is 1.07 bits per heavy atom. The van der Waals surface area contributed by atoms with E-state index in [-0.39, 0.29) is 28.3 Å². The van der Waals surface area contributed by atoms with Crippen LogP contribution in [0.4, 0.5) is 5.95 Å². The van der Waals surface area contributed by atoms with E-state index in [0.29, 0.717) is 5.56 Å². The van der Waals surface area contributed by atoms with Crippen molar-refractivity contribution in [2.45, 2.75) is 0 Å². The smallest absolute Gasteiger partial charge is 0.335 e. The van der Waals surface area contributed by atoms with Crippen LogP contribution < -0.4 is 10.9 Å². The monoisotopic (exact) mass is 360 g/mol. The third kappa shape index (κ3) is 3.72. The van der Waals surface area contributed by atoms with Gasteiger partial charge in [0.25, 0.3) is 11.5 Å². The number of rotatable bonds is 4. The number of carboxylic acid groups (broad SMARTS) is 1. The van der Waals surface area contributed by atoms with Crippen LogP contribution in [0, 0.1) is 11.3 Å². The maximum atomic E-state index is 12.4. The summed E-state index contributed by atoms with van der Waals surface area (Å²) in [5, 5.41) is 20.7. The number of carbonyl (C=O) groups excluding carboxylic acids is 1. The highest BCUT2D eigenvalue weighted by Gasteiger charge is 2.16. The fraction of sp³-hybridized carbons (Fsp3) is 0. The summed E-state index contributed by atoms with van der Waals surface area (Å²) in [5.41, 5.74) is -0.148. The Morgan fingerprint density at radius 2 is 1.78 bits per heavy atom. The molecule has 1 amide bonds. The number of H-pyrrole nitrogens is 1. The van der Waals surface area contributed by atoms with E-state index in [4.69, 9.17) is 5.11 Å². The Kier molecular flexibility index (Phi) is 4.77. The molecule has 0 aliphatic rings. The molecule has 27 heavy (non-hydrogen) atoms. The SMILES string of the molecule is N#Cc1c(-c2ccccc2)nc(NC(=O)c2cccc(C(=O)O)c2)[nH]c1=O. The summed E-state index contributed by atoms with van der Waals surface area (Å²) in [5.74, 6) is -1.96. The highest BCUT2D eigenvalue weighted by molar-refractivity contribution is 6.04. The van der Waals surface area contributed by atoms with Crippen molar-refractivity contribution in [3.63, 3.8) is 0 Å². The van der Waals surface area contributed by atoms with Crippen LogP contribution in [-0.4, -0.2) is 27.0 Å². The molecule has 0 unspecified atom stereocenters. The van der Waals surface area contributed by atoms with Crippen molar-refractivity contribution < 1.29 is 14.7 Å². The lowest BCUT2D eigenvalue weighted by Gasteiger charge is -2.08. The summed E-state index contributed by atoms with van der Waals surface area (Å²) in [7, 11) is 0. The molecule has 0 saturated carbocycles. The minimum absolute atomic E-state index is 0.0473. The van der Waals surface area contributed by atoms with Crippen molar-refractivity contribution in [2.75, 3.05) is 5.32 Å². The number of hydrogen-bond donors (Lipinski definition) is 3. The van der Waals surface area contributed by atoms with Gasteiger partial charge in [0, 0.05) is 11.1 Å². The Hall–Kier alpha value is -4.25. The Balaban J connectivity index is 1.99. The summed E-state index contributed by atoms with van der Waals surface area (Å²) < 4.78 is 0. The molecule has 0 aliphatic heterocycles. The number of benzene rings is 2. The molecule has 1 heterocycles. The molecule has 0 fully saturated rings. The molecular formula is C19H12N4O4. The van der Waals surface area contributed by atoms with Gasteiger partial charge in [-0.05, 0) is 18.2 Å². The van der Waals surface area contributed by atoms with Crippen LogP contribution in [0.2, 0.25) is 0 Å². The van der Waals surface area contributed by atoms with Crippen molar-refractivity contribution in [2.24, 2.45) is 0 Å². The first-order valence-corrected chi connectivity index (χ1v) is 7.74. The van der Waals surface area contributed by atoms with Crippen LogP contribution in [0.1, 0.15) is 26.3 Å². The second-order valence-corrected chi connectivity index (χ2v) is 5.46. The summed E-state index contributed by atoms with van der Waals surface area (Å²) in [6.45, 7) is 0.